The van der Waals surface area contributed by atoms with Crippen LogP contribution >= 0.6 is 0 Å². The summed E-state index contributed by atoms with van der Waals surface area (Å²) >= 11 is 0. The Kier molecular flexibility index (Phi) is 3.06. The van der Waals surface area contributed by atoms with Gasteiger partial charge in [-0.2, -0.15) is 0 Å². The van der Waals surface area contributed by atoms with E-state index in [0.29, 0.717) is 5.69 Å². The van der Waals surface area contributed by atoms with Crippen LogP contribution in [-0.2, 0) is 0 Å². The van der Waals surface area contributed by atoms with E-state index in [1.165, 1.54) is 12.1 Å². The van der Waals surface area contributed by atoms with Gasteiger partial charge in [0.25, 0.3) is 0 Å². The lowest BCUT2D eigenvalue weighted by Crippen LogP contribution is -2.21. The number of hydrogen-bond donors (Lipinski definition) is 4. The zero-order valence-electron chi connectivity index (χ0n) is 7.45. The monoisotopic (exact) mass is 193 g/mol. The van der Waals surface area contributed by atoms with Gasteiger partial charge in [0.05, 0.1) is 12.1 Å². The average molecular weight is 193 g/mol. The van der Waals surface area contributed by atoms with Crippen LogP contribution in [0.1, 0.15) is 10.4 Å². The number of benzene rings is 1. The Morgan fingerprint density at radius 2 is 2.29 bits per heavy atom. The van der Waals surface area contributed by atoms with Gasteiger partial charge < -0.3 is 16.2 Å². The van der Waals surface area contributed by atoms with Crippen LogP contribution in [0.25, 0.3) is 0 Å². The summed E-state index contributed by atoms with van der Waals surface area (Å²) in [5.41, 5.74) is 5.99. The summed E-state index contributed by atoms with van der Waals surface area (Å²) in [5, 5.41) is 18.5. The summed E-state index contributed by atoms with van der Waals surface area (Å²) in [6.45, 7) is 0.211. The predicted molar refractivity (Wildman–Crippen MR) is 53.8 cm³/mol. The van der Waals surface area contributed by atoms with E-state index in [9.17, 15) is 4.79 Å². The fourth-order valence-electron chi connectivity index (χ4n) is 0.959. The van der Waals surface area contributed by atoms with Gasteiger partial charge in [0.15, 0.2) is 0 Å². The van der Waals surface area contributed by atoms with E-state index in [1.54, 1.807) is 12.1 Å². The van der Waals surface area contributed by atoms with Crippen molar-refractivity contribution in [1.29, 1.82) is 5.41 Å². The first-order chi connectivity index (χ1) is 6.59. The second-order valence-electron chi connectivity index (χ2n) is 2.76. The molecule has 0 spiro atoms. The molecular formula is C9H11N3O2. The molecule has 0 heterocycles. The molecule has 1 aromatic carbocycles. The fourth-order valence-corrected chi connectivity index (χ4v) is 0.959. The molecule has 5 heteroatoms. The standard InChI is InChI=1S/C9H11N3O2/c10-8(11)5-12-7-3-1-2-6(4-7)9(13)14/h1-4,12H,5H2,(H3,10,11)(H,13,14). The van der Waals surface area contributed by atoms with Crippen LogP contribution in [0.5, 0.6) is 0 Å². The number of carboxylic acids is 1. The number of nitrogens with two attached hydrogens (primary N) is 1. The molecule has 5 N–H and O–H groups in total. The highest BCUT2D eigenvalue weighted by molar-refractivity contribution is 5.89. The number of nitrogens with one attached hydrogen (secondary N) is 2. The van der Waals surface area contributed by atoms with Crippen molar-refractivity contribution in [3.63, 3.8) is 0 Å². The third-order valence-corrected chi connectivity index (χ3v) is 1.59. The minimum absolute atomic E-state index is 0.00530. The maximum absolute atomic E-state index is 10.6. The average Bonchev–Trinajstić information content (AvgIpc) is 2.15. The van der Waals surface area contributed by atoms with E-state index in [-0.39, 0.29) is 17.9 Å². The van der Waals surface area contributed by atoms with Crippen molar-refractivity contribution >= 4 is 17.5 Å². The Hall–Kier alpha value is -2.04. The number of aromatic carboxylic acids is 1. The smallest absolute Gasteiger partial charge is 0.335 e. The van der Waals surface area contributed by atoms with Gasteiger partial charge >= 0.3 is 5.97 Å². The topological polar surface area (TPSA) is 99.2 Å². The number of rotatable bonds is 4. The first-order valence-corrected chi connectivity index (χ1v) is 3.99. The predicted octanol–water partition coefficient (Wildman–Crippen LogP) is 0.733. The molecule has 5 nitrogen and oxygen atoms in total. The first kappa shape index (κ1) is 10.0. The van der Waals surface area contributed by atoms with Gasteiger partial charge in [0.2, 0.25) is 0 Å². The Labute approximate surface area is 81.1 Å². The van der Waals surface area contributed by atoms with E-state index in [1.807, 2.05) is 0 Å². The van der Waals surface area contributed by atoms with Crippen molar-refractivity contribution in [2.45, 2.75) is 0 Å². The van der Waals surface area contributed by atoms with Crippen LogP contribution in [0.3, 0.4) is 0 Å². The largest absolute Gasteiger partial charge is 0.478 e. The summed E-state index contributed by atoms with van der Waals surface area (Å²) in [7, 11) is 0. The lowest BCUT2D eigenvalue weighted by molar-refractivity contribution is 0.0697. The van der Waals surface area contributed by atoms with Gasteiger partial charge in [0, 0.05) is 5.69 Å². The summed E-state index contributed by atoms with van der Waals surface area (Å²) in [5.74, 6) is -0.970. The first-order valence-electron chi connectivity index (χ1n) is 3.99. The Morgan fingerprint density at radius 3 is 2.86 bits per heavy atom. The molecule has 0 aliphatic rings. The van der Waals surface area contributed by atoms with E-state index < -0.39 is 5.97 Å². The highest BCUT2D eigenvalue weighted by Gasteiger charge is 2.02. The van der Waals surface area contributed by atoms with E-state index in [0.717, 1.165) is 0 Å². The van der Waals surface area contributed by atoms with Gasteiger partial charge in [-0.15, -0.1) is 0 Å². The van der Waals surface area contributed by atoms with Gasteiger partial charge in [-0.1, -0.05) is 6.07 Å². The molecule has 0 aliphatic heterocycles. The Morgan fingerprint density at radius 1 is 1.57 bits per heavy atom. The van der Waals surface area contributed by atoms with E-state index >= 15 is 0 Å². The molecule has 0 bridgehead atoms. The summed E-state index contributed by atoms with van der Waals surface area (Å²) in [4.78, 5) is 10.6. The second-order valence-corrected chi connectivity index (χ2v) is 2.76. The van der Waals surface area contributed by atoms with Gasteiger partial charge in [-0.25, -0.2) is 4.79 Å². The van der Waals surface area contributed by atoms with Gasteiger partial charge in [0.1, 0.15) is 5.84 Å². The van der Waals surface area contributed by atoms with Crippen molar-refractivity contribution in [2.24, 2.45) is 5.73 Å². The Balaban J connectivity index is 2.73. The molecular weight excluding hydrogens is 182 g/mol. The molecule has 1 aromatic rings. The molecule has 14 heavy (non-hydrogen) atoms. The third-order valence-electron chi connectivity index (χ3n) is 1.59. The second kappa shape index (κ2) is 4.27. The van der Waals surface area contributed by atoms with Crippen LogP contribution < -0.4 is 11.1 Å². The van der Waals surface area contributed by atoms with Crippen molar-refractivity contribution in [3.8, 4) is 0 Å². The number of carboxylic acid groups (broad SMARTS) is 1. The zero-order chi connectivity index (χ0) is 10.6. The normalized spacial score (nSPS) is 9.43. The SMILES string of the molecule is N=C(N)CNc1cccc(C(=O)O)c1. The Bertz CT molecular complexity index is 363. The number of carbonyl (C=O) groups is 1. The molecule has 0 amide bonds. The highest BCUT2D eigenvalue weighted by atomic mass is 16.4. The molecule has 0 aromatic heterocycles. The van der Waals surface area contributed by atoms with Crippen molar-refractivity contribution < 1.29 is 9.90 Å². The molecule has 0 radical (unpaired) electrons. The van der Waals surface area contributed by atoms with Gasteiger partial charge in [-0.05, 0) is 18.2 Å². The lowest BCUT2D eigenvalue weighted by atomic mass is 10.2. The van der Waals surface area contributed by atoms with Crippen LogP contribution in [0.2, 0.25) is 0 Å². The fraction of sp³-hybridized carbons (Fsp3) is 0.111. The van der Waals surface area contributed by atoms with Gasteiger partial charge in [-0.3, -0.25) is 5.41 Å². The van der Waals surface area contributed by atoms with Crippen molar-refractivity contribution in [3.05, 3.63) is 29.8 Å². The molecule has 0 unspecified atom stereocenters. The molecule has 0 saturated heterocycles. The maximum Gasteiger partial charge on any atom is 0.335 e. The molecule has 74 valence electrons. The van der Waals surface area contributed by atoms with Crippen molar-refractivity contribution in [1.82, 2.24) is 0 Å². The van der Waals surface area contributed by atoms with Crippen LogP contribution in [0.15, 0.2) is 24.3 Å². The quantitative estimate of drug-likeness (QED) is 0.418. The number of anilines is 1. The van der Waals surface area contributed by atoms with Crippen molar-refractivity contribution in [2.75, 3.05) is 11.9 Å². The number of hydrogen-bond acceptors (Lipinski definition) is 3. The number of amidine groups is 1. The molecule has 0 aliphatic carbocycles. The summed E-state index contributed by atoms with van der Waals surface area (Å²) in [6, 6.07) is 6.34. The van der Waals surface area contributed by atoms with E-state index in [4.69, 9.17) is 16.2 Å². The molecule has 0 fully saturated rings. The van der Waals surface area contributed by atoms with E-state index in [2.05, 4.69) is 5.32 Å². The molecule has 0 atom stereocenters. The van der Waals surface area contributed by atoms with Crippen LogP contribution in [0, 0.1) is 5.41 Å². The summed E-state index contributed by atoms with van der Waals surface area (Å²) in [6.07, 6.45) is 0. The molecule has 0 saturated carbocycles. The van der Waals surface area contributed by atoms with Crippen LogP contribution in [-0.4, -0.2) is 23.5 Å². The minimum Gasteiger partial charge on any atom is -0.478 e. The van der Waals surface area contributed by atoms with Crippen LogP contribution in [0.4, 0.5) is 5.69 Å². The minimum atomic E-state index is -0.975. The summed E-state index contributed by atoms with van der Waals surface area (Å²) < 4.78 is 0. The lowest BCUT2D eigenvalue weighted by Gasteiger charge is -2.05. The maximum atomic E-state index is 10.6. The highest BCUT2D eigenvalue weighted by Crippen LogP contribution is 2.09. The zero-order valence-corrected chi connectivity index (χ0v) is 7.45. The molecule has 1 rings (SSSR count). The third kappa shape index (κ3) is 2.78.